The van der Waals surface area contributed by atoms with E-state index >= 15 is 0 Å². The molecule has 0 unspecified atom stereocenters. The second-order valence-electron chi connectivity index (χ2n) is 5.64. The zero-order chi connectivity index (χ0) is 16.6. The summed E-state index contributed by atoms with van der Waals surface area (Å²) in [6, 6.07) is 16.2. The molecule has 2 heterocycles. The molecule has 0 saturated carbocycles. The Morgan fingerprint density at radius 2 is 1.96 bits per heavy atom. The third kappa shape index (κ3) is 4.52. The highest BCUT2D eigenvalue weighted by atomic mass is 32.1. The molecule has 3 aromatic rings. The van der Waals surface area contributed by atoms with Crippen LogP contribution in [0.15, 0.2) is 65.5 Å². The minimum Gasteiger partial charge on any atom is -0.352 e. The normalized spacial score (nSPS) is 10.5. The number of nitrogens with zero attached hydrogens (tertiary/aromatic N) is 1. The topological polar surface area (TPSA) is 42.0 Å². The fraction of sp³-hybridized carbons (Fsp3) is 0.200. The summed E-state index contributed by atoms with van der Waals surface area (Å²) < 4.78 is 0. The van der Waals surface area contributed by atoms with E-state index in [0.717, 1.165) is 29.7 Å². The van der Waals surface area contributed by atoms with Gasteiger partial charge in [-0.3, -0.25) is 9.78 Å². The number of amides is 1. The van der Waals surface area contributed by atoms with Crippen molar-refractivity contribution in [1.82, 2.24) is 10.3 Å². The van der Waals surface area contributed by atoms with Crippen molar-refractivity contribution in [2.75, 3.05) is 0 Å². The molecule has 0 radical (unpaired) electrons. The molecular weight excluding hydrogens is 316 g/mol. The maximum Gasteiger partial charge on any atom is 0.220 e. The lowest BCUT2D eigenvalue weighted by Gasteiger charge is -2.09. The molecule has 0 spiro atoms. The van der Waals surface area contributed by atoms with Crippen molar-refractivity contribution in [1.29, 1.82) is 0 Å². The number of carbonyl (C=O) groups is 1. The first-order valence-corrected chi connectivity index (χ1v) is 9.04. The molecule has 122 valence electrons. The molecule has 0 fully saturated rings. The average Bonchev–Trinajstić information content (AvgIpc) is 3.16. The molecule has 3 rings (SSSR count). The monoisotopic (exact) mass is 336 g/mol. The number of aromatic nitrogens is 1. The molecule has 0 atom stereocenters. The van der Waals surface area contributed by atoms with E-state index in [1.165, 1.54) is 5.56 Å². The van der Waals surface area contributed by atoms with E-state index in [9.17, 15) is 4.79 Å². The number of aryl methyl sites for hydroxylation is 1. The van der Waals surface area contributed by atoms with Crippen molar-refractivity contribution in [2.24, 2.45) is 0 Å². The number of hydrogen-bond donors (Lipinski definition) is 1. The van der Waals surface area contributed by atoms with E-state index in [4.69, 9.17) is 0 Å². The molecule has 0 bridgehead atoms. The average molecular weight is 336 g/mol. The smallest absolute Gasteiger partial charge is 0.220 e. The van der Waals surface area contributed by atoms with E-state index in [2.05, 4.69) is 33.9 Å². The van der Waals surface area contributed by atoms with Crippen LogP contribution in [0.1, 0.15) is 24.0 Å². The number of carbonyl (C=O) groups excluding carboxylic acids is 1. The minimum atomic E-state index is 0.0889. The number of benzene rings is 1. The van der Waals surface area contributed by atoms with Crippen molar-refractivity contribution >= 4 is 17.2 Å². The summed E-state index contributed by atoms with van der Waals surface area (Å²) in [6.07, 6.45) is 4.13. The second-order valence-corrected chi connectivity index (χ2v) is 6.42. The Kier molecular flexibility index (Phi) is 5.75. The van der Waals surface area contributed by atoms with Crippen molar-refractivity contribution < 1.29 is 4.79 Å². The largest absolute Gasteiger partial charge is 0.352 e. The molecule has 24 heavy (non-hydrogen) atoms. The lowest BCUT2D eigenvalue weighted by atomic mass is 10.1. The molecule has 3 nitrogen and oxygen atoms in total. The van der Waals surface area contributed by atoms with Crippen molar-refractivity contribution in [3.05, 3.63) is 76.6 Å². The van der Waals surface area contributed by atoms with Gasteiger partial charge in [-0.1, -0.05) is 36.4 Å². The van der Waals surface area contributed by atoms with Crippen LogP contribution in [0.2, 0.25) is 0 Å². The Bertz CT molecular complexity index is 769. The van der Waals surface area contributed by atoms with Gasteiger partial charge in [-0.15, -0.1) is 0 Å². The SMILES string of the molecule is O=C(CCCc1ccccc1)NCc1cccnc1-c1ccsc1. The minimum absolute atomic E-state index is 0.0889. The molecule has 0 aliphatic rings. The predicted molar refractivity (Wildman–Crippen MR) is 98.8 cm³/mol. The van der Waals surface area contributed by atoms with Crippen LogP contribution in [0, 0.1) is 0 Å². The van der Waals surface area contributed by atoms with Gasteiger partial charge in [0.2, 0.25) is 5.91 Å². The zero-order valence-corrected chi connectivity index (χ0v) is 14.3. The van der Waals surface area contributed by atoms with Crippen LogP contribution in [0.3, 0.4) is 0 Å². The first kappa shape index (κ1) is 16.4. The lowest BCUT2D eigenvalue weighted by Crippen LogP contribution is -2.23. The van der Waals surface area contributed by atoms with Gasteiger partial charge >= 0.3 is 0 Å². The molecule has 0 aliphatic heterocycles. The van der Waals surface area contributed by atoms with E-state index in [0.29, 0.717) is 13.0 Å². The van der Waals surface area contributed by atoms with E-state index < -0.39 is 0 Å². The maximum atomic E-state index is 12.1. The van der Waals surface area contributed by atoms with Crippen LogP contribution in [0.4, 0.5) is 0 Å². The number of hydrogen-bond acceptors (Lipinski definition) is 3. The summed E-state index contributed by atoms with van der Waals surface area (Å²) in [5.41, 5.74) is 4.38. The highest BCUT2D eigenvalue weighted by Crippen LogP contribution is 2.23. The standard InChI is InChI=1S/C20H20N2OS/c23-19(10-4-8-16-6-2-1-3-7-16)22-14-17-9-5-12-21-20(17)18-11-13-24-15-18/h1-3,5-7,9,11-13,15H,4,8,10,14H2,(H,22,23). The van der Waals surface area contributed by atoms with Crippen LogP contribution >= 0.6 is 11.3 Å². The highest BCUT2D eigenvalue weighted by Gasteiger charge is 2.08. The summed E-state index contributed by atoms with van der Waals surface area (Å²) in [6.45, 7) is 0.517. The number of thiophene rings is 1. The first-order chi connectivity index (χ1) is 11.8. The Balaban J connectivity index is 1.50. The second kappa shape index (κ2) is 8.41. The summed E-state index contributed by atoms with van der Waals surface area (Å²) in [7, 11) is 0. The Morgan fingerprint density at radius 3 is 2.75 bits per heavy atom. The van der Waals surface area contributed by atoms with E-state index in [1.807, 2.05) is 35.7 Å². The van der Waals surface area contributed by atoms with Gasteiger partial charge in [0.25, 0.3) is 0 Å². The zero-order valence-electron chi connectivity index (χ0n) is 13.4. The molecule has 1 aromatic carbocycles. The van der Waals surface area contributed by atoms with Crippen LogP contribution < -0.4 is 5.32 Å². The van der Waals surface area contributed by atoms with Crippen LogP contribution in [0.25, 0.3) is 11.3 Å². The molecule has 0 saturated heterocycles. The molecule has 0 aliphatic carbocycles. The van der Waals surface area contributed by atoms with Crippen molar-refractivity contribution in [2.45, 2.75) is 25.8 Å². The molecule has 4 heteroatoms. The third-order valence-corrected chi connectivity index (χ3v) is 4.56. The maximum absolute atomic E-state index is 12.1. The lowest BCUT2D eigenvalue weighted by molar-refractivity contribution is -0.121. The van der Waals surface area contributed by atoms with E-state index in [-0.39, 0.29) is 5.91 Å². The van der Waals surface area contributed by atoms with Crippen LogP contribution in [-0.2, 0) is 17.8 Å². The third-order valence-electron chi connectivity index (χ3n) is 3.87. The van der Waals surface area contributed by atoms with Crippen molar-refractivity contribution in [3.8, 4) is 11.3 Å². The summed E-state index contributed by atoms with van der Waals surface area (Å²) in [5, 5.41) is 7.13. The Hall–Kier alpha value is -2.46. The fourth-order valence-corrected chi connectivity index (χ4v) is 3.26. The van der Waals surface area contributed by atoms with Gasteiger partial charge in [0.05, 0.1) is 5.69 Å². The predicted octanol–water partition coefficient (Wildman–Crippen LogP) is 4.45. The first-order valence-electron chi connectivity index (χ1n) is 8.10. The van der Waals surface area contributed by atoms with Gasteiger partial charge in [-0.2, -0.15) is 11.3 Å². The molecule has 2 aromatic heterocycles. The highest BCUT2D eigenvalue weighted by molar-refractivity contribution is 7.08. The molecule has 1 amide bonds. The van der Waals surface area contributed by atoms with Gasteiger partial charge in [0, 0.05) is 30.1 Å². The fourth-order valence-electron chi connectivity index (χ4n) is 2.62. The van der Waals surface area contributed by atoms with Crippen LogP contribution in [-0.4, -0.2) is 10.9 Å². The van der Waals surface area contributed by atoms with Gasteiger partial charge in [0.15, 0.2) is 0 Å². The number of pyridine rings is 1. The Labute approximate surface area is 146 Å². The van der Waals surface area contributed by atoms with Gasteiger partial charge in [-0.05, 0) is 41.5 Å². The summed E-state index contributed by atoms with van der Waals surface area (Å²) >= 11 is 1.65. The summed E-state index contributed by atoms with van der Waals surface area (Å²) in [5.74, 6) is 0.0889. The Morgan fingerprint density at radius 1 is 1.08 bits per heavy atom. The summed E-state index contributed by atoms with van der Waals surface area (Å²) in [4.78, 5) is 16.5. The van der Waals surface area contributed by atoms with E-state index in [1.54, 1.807) is 17.5 Å². The molecule has 1 N–H and O–H groups in total. The van der Waals surface area contributed by atoms with Gasteiger partial charge in [-0.25, -0.2) is 0 Å². The van der Waals surface area contributed by atoms with Gasteiger partial charge < -0.3 is 5.32 Å². The quantitative estimate of drug-likeness (QED) is 0.692. The number of rotatable bonds is 7. The van der Waals surface area contributed by atoms with Gasteiger partial charge in [0.1, 0.15) is 0 Å². The van der Waals surface area contributed by atoms with Crippen LogP contribution in [0.5, 0.6) is 0 Å². The molecular formula is C20H20N2OS. The van der Waals surface area contributed by atoms with Crippen molar-refractivity contribution in [3.63, 3.8) is 0 Å². The number of nitrogens with one attached hydrogen (secondary N) is 1.